The quantitative estimate of drug-likeness (QED) is 0.818. The molecule has 18 heavy (non-hydrogen) atoms. The van der Waals surface area contributed by atoms with Crippen molar-refractivity contribution in [3.05, 3.63) is 18.0 Å². The number of aliphatic hydroxyl groups is 1. The summed E-state index contributed by atoms with van der Waals surface area (Å²) < 4.78 is 28.5. The Bertz CT molecular complexity index is 515. The summed E-state index contributed by atoms with van der Waals surface area (Å²) in [6.45, 7) is 4.26. The van der Waals surface area contributed by atoms with E-state index in [-0.39, 0.29) is 17.5 Å². The maximum absolute atomic E-state index is 12.1. The van der Waals surface area contributed by atoms with Crippen LogP contribution in [-0.4, -0.2) is 24.6 Å². The van der Waals surface area contributed by atoms with E-state index < -0.39 is 10.0 Å². The summed E-state index contributed by atoms with van der Waals surface area (Å²) >= 11 is 0. The molecule has 0 radical (unpaired) electrons. The molecule has 2 rings (SSSR count). The number of hydrogen-bond donors (Lipinski definition) is 2. The van der Waals surface area contributed by atoms with Crippen LogP contribution in [0.2, 0.25) is 0 Å². The standard InChI is InChI=1S/C12H20N2O3S/c1-9(2)14-7-12(5-11(14)8-15)18(16,17)13-6-10-3-4-10/h5,7,9-10,13,15H,3-4,6,8H2,1-2H3. The molecule has 0 spiro atoms. The fourth-order valence-corrected chi connectivity index (χ4v) is 3.05. The summed E-state index contributed by atoms with van der Waals surface area (Å²) in [6.07, 6.45) is 3.81. The van der Waals surface area contributed by atoms with Crippen molar-refractivity contribution in [3.63, 3.8) is 0 Å². The topological polar surface area (TPSA) is 71.3 Å². The first-order valence-corrected chi connectivity index (χ1v) is 7.73. The van der Waals surface area contributed by atoms with Gasteiger partial charge in [0, 0.05) is 24.5 Å². The van der Waals surface area contributed by atoms with E-state index in [4.69, 9.17) is 0 Å². The molecule has 1 aliphatic rings. The van der Waals surface area contributed by atoms with E-state index in [9.17, 15) is 13.5 Å². The van der Waals surface area contributed by atoms with Gasteiger partial charge in [0.25, 0.3) is 0 Å². The zero-order valence-electron chi connectivity index (χ0n) is 10.8. The van der Waals surface area contributed by atoms with E-state index in [0.717, 1.165) is 12.8 Å². The Balaban J connectivity index is 2.20. The molecule has 1 aliphatic carbocycles. The lowest BCUT2D eigenvalue weighted by Gasteiger charge is -2.10. The van der Waals surface area contributed by atoms with Crippen molar-refractivity contribution in [2.24, 2.45) is 5.92 Å². The minimum absolute atomic E-state index is 0.125. The number of nitrogens with zero attached hydrogens (tertiary/aromatic N) is 1. The minimum Gasteiger partial charge on any atom is -0.390 e. The molecule has 2 N–H and O–H groups in total. The zero-order valence-corrected chi connectivity index (χ0v) is 11.6. The summed E-state index contributed by atoms with van der Waals surface area (Å²) in [5, 5.41) is 9.24. The molecule has 5 nitrogen and oxygen atoms in total. The number of sulfonamides is 1. The fraction of sp³-hybridized carbons (Fsp3) is 0.667. The van der Waals surface area contributed by atoms with E-state index in [1.54, 1.807) is 10.8 Å². The van der Waals surface area contributed by atoms with E-state index in [1.165, 1.54) is 6.07 Å². The molecule has 0 bridgehead atoms. The van der Waals surface area contributed by atoms with Crippen LogP contribution in [0.5, 0.6) is 0 Å². The third-order valence-electron chi connectivity index (χ3n) is 3.19. The van der Waals surface area contributed by atoms with E-state index in [0.29, 0.717) is 18.2 Å². The van der Waals surface area contributed by atoms with Gasteiger partial charge in [0.15, 0.2) is 0 Å². The van der Waals surface area contributed by atoms with Gasteiger partial charge in [-0.15, -0.1) is 0 Å². The van der Waals surface area contributed by atoms with Crippen LogP contribution in [0.25, 0.3) is 0 Å². The van der Waals surface area contributed by atoms with Gasteiger partial charge in [0.2, 0.25) is 10.0 Å². The molecule has 1 saturated carbocycles. The highest BCUT2D eigenvalue weighted by molar-refractivity contribution is 7.89. The Morgan fingerprint density at radius 3 is 2.61 bits per heavy atom. The highest BCUT2D eigenvalue weighted by Crippen LogP contribution is 2.28. The van der Waals surface area contributed by atoms with Crippen molar-refractivity contribution in [3.8, 4) is 0 Å². The summed E-state index contributed by atoms with van der Waals surface area (Å²) in [6, 6.07) is 1.66. The maximum Gasteiger partial charge on any atom is 0.242 e. The van der Waals surface area contributed by atoms with Crippen LogP contribution in [0.3, 0.4) is 0 Å². The highest BCUT2D eigenvalue weighted by Gasteiger charge is 2.25. The van der Waals surface area contributed by atoms with Crippen LogP contribution in [0.1, 0.15) is 38.4 Å². The monoisotopic (exact) mass is 272 g/mol. The third kappa shape index (κ3) is 2.93. The van der Waals surface area contributed by atoms with Crippen LogP contribution < -0.4 is 4.72 Å². The molecule has 0 amide bonds. The summed E-state index contributed by atoms with van der Waals surface area (Å²) in [4.78, 5) is 0.237. The Hall–Kier alpha value is -0.850. The third-order valence-corrected chi connectivity index (χ3v) is 4.59. The first-order chi connectivity index (χ1) is 8.44. The van der Waals surface area contributed by atoms with Crippen molar-refractivity contribution < 1.29 is 13.5 Å². The number of nitrogens with one attached hydrogen (secondary N) is 1. The molecule has 1 aromatic rings. The summed E-state index contributed by atoms with van der Waals surface area (Å²) in [5.74, 6) is 0.504. The first-order valence-electron chi connectivity index (χ1n) is 6.25. The van der Waals surface area contributed by atoms with Gasteiger partial charge in [-0.05, 0) is 38.7 Å². The SMILES string of the molecule is CC(C)n1cc(S(=O)(=O)NCC2CC2)cc1CO. The van der Waals surface area contributed by atoms with E-state index in [1.807, 2.05) is 13.8 Å². The second-order valence-corrected chi connectivity index (χ2v) is 6.89. The number of rotatable bonds is 6. The molecule has 1 heterocycles. The van der Waals surface area contributed by atoms with Crippen LogP contribution in [0.15, 0.2) is 17.2 Å². The lowest BCUT2D eigenvalue weighted by molar-refractivity contribution is 0.268. The molecular weight excluding hydrogens is 252 g/mol. The Kier molecular flexibility index (Phi) is 3.79. The number of hydrogen-bond acceptors (Lipinski definition) is 3. The van der Waals surface area contributed by atoms with E-state index in [2.05, 4.69) is 4.72 Å². The number of aliphatic hydroxyl groups excluding tert-OH is 1. The second-order valence-electron chi connectivity index (χ2n) is 5.12. The predicted molar refractivity (Wildman–Crippen MR) is 68.7 cm³/mol. The zero-order chi connectivity index (χ0) is 13.3. The second kappa shape index (κ2) is 5.03. The van der Waals surface area contributed by atoms with Crippen LogP contribution >= 0.6 is 0 Å². The average molecular weight is 272 g/mol. The van der Waals surface area contributed by atoms with Crippen molar-refractivity contribution in [1.29, 1.82) is 0 Å². The predicted octanol–water partition coefficient (Wildman–Crippen LogP) is 1.25. The molecular formula is C12H20N2O3S. The van der Waals surface area contributed by atoms with Crippen LogP contribution in [0, 0.1) is 5.92 Å². The van der Waals surface area contributed by atoms with Gasteiger partial charge in [0.05, 0.1) is 11.5 Å². The van der Waals surface area contributed by atoms with Crippen molar-refractivity contribution in [2.75, 3.05) is 6.54 Å². The summed E-state index contributed by atoms with van der Waals surface area (Å²) in [7, 11) is -3.44. The van der Waals surface area contributed by atoms with Gasteiger partial charge >= 0.3 is 0 Å². The lowest BCUT2D eigenvalue weighted by Crippen LogP contribution is -2.25. The molecule has 0 saturated heterocycles. The Morgan fingerprint density at radius 1 is 1.50 bits per heavy atom. The molecule has 1 fully saturated rings. The molecule has 0 aromatic carbocycles. The Morgan fingerprint density at radius 2 is 2.17 bits per heavy atom. The normalized spacial score (nSPS) is 16.4. The van der Waals surface area contributed by atoms with Gasteiger partial charge in [-0.3, -0.25) is 0 Å². The minimum atomic E-state index is -3.44. The van der Waals surface area contributed by atoms with Gasteiger partial charge in [-0.1, -0.05) is 0 Å². The fourth-order valence-electron chi connectivity index (χ4n) is 1.88. The largest absolute Gasteiger partial charge is 0.390 e. The number of aromatic nitrogens is 1. The molecule has 6 heteroatoms. The lowest BCUT2D eigenvalue weighted by atomic mass is 10.3. The van der Waals surface area contributed by atoms with Gasteiger partial charge < -0.3 is 9.67 Å². The molecule has 0 aliphatic heterocycles. The van der Waals surface area contributed by atoms with Crippen LogP contribution in [0.4, 0.5) is 0 Å². The Labute approximate surface area is 108 Å². The van der Waals surface area contributed by atoms with Crippen molar-refractivity contribution >= 4 is 10.0 Å². The smallest absolute Gasteiger partial charge is 0.242 e. The van der Waals surface area contributed by atoms with Crippen molar-refractivity contribution in [1.82, 2.24) is 9.29 Å². The molecule has 1 aromatic heterocycles. The van der Waals surface area contributed by atoms with Gasteiger partial charge in [-0.2, -0.15) is 0 Å². The average Bonchev–Trinajstić information content (AvgIpc) is 3.02. The molecule has 0 unspecified atom stereocenters. The van der Waals surface area contributed by atoms with Gasteiger partial charge in [-0.25, -0.2) is 13.1 Å². The summed E-state index contributed by atoms with van der Waals surface area (Å²) in [5.41, 5.74) is 0.622. The van der Waals surface area contributed by atoms with Crippen LogP contribution in [-0.2, 0) is 16.6 Å². The maximum atomic E-state index is 12.1. The van der Waals surface area contributed by atoms with Crippen molar-refractivity contribution in [2.45, 2.75) is 44.2 Å². The first kappa shape index (κ1) is 13.6. The van der Waals surface area contributed by atoms with E-state index >= 15 is 0 Å². The molecule has 102 valence electrons. The highest BCUT2D eigenvalue weighted by atomic mass is 32.2. The molecule has 0 atom stereocenters. The van der Waals surface area contributed by atoms with Gasteiger partial charge in [0.1, 0.15) is 0 Å².